The average molecular weight is 258 g/mol. The lowest BCUT2D eigenvalue weighted by Crippen LogP contribution is -2.17. The first-order valence-electron chi connectivity index (χ1n) is 8.16. The molecule has 0 heteroatoms. The molecule has 0 heterocycles. The largest absolute Gasteiger partial charge is 0.0683 e. The van der Waals surface area contributed by atoms with Crippen molar-refractivity contribution < 1.29 is 0 Å². The molecule has 3 rings (SSSR count). The molecule has 0 spiro atoms. The molecule has 0 radical (unpaired) electrons. The Hall–Kier alpha value is -0.780. The summed E-state index contributed by atoms with van der Waals surface area (Å²) < 4.78 is 0. The first-order chi connectivity index (χ1) is 8.98. The second kappa shape index (κ2) is 5.31. The summed E-state index contributed by atoms with van der Waals surface area (Å²) in [7, 11) is 0. The van der Waals surface area contributed by atoms with Crippen LogP contribution in [-0.2, 0) is 24.7 Å². The Morgan fingerprint density at radius 3 is 2.32 bits per heavy atom. The van der Waals surface area contributed by atoms with Crippen LogP contribution in [0.2, 0.25) is 0 Å². The van der Waals surface area contributed by atoms with Crippen LogP contribution in [0.25, 0.3) is 0 Å². The standard InChI is InChI=1S/C17H24.C2H6/c1-11-8-9-14-15(11)10-12-6-5-7-13(12)16(14)17(2,3)4;1-2/h10-11H,5-9H2,1-4H3;1-2H3. The highest BCUT2D eigenvalue weighted by Crippen LogP contribution is 2.44. The Bertz CT molecular complexity index is 460. The molecule has 0 bridgehead atoms. The molecule has 106 valence electrons. The molecule has 0 saturated heterocycles. The van der Waals surface area contributed by atoms with Crippen molar-refractivity contribution >= 4 is 0 Å². The number of rotatable bonds is 0. The summed E-state index contributed by atoms with van der Waals surface area (Å²) >= 11 is 0. The summed E-state index contributed by atoms with van der Waals surface area (Å²) in [5, 5.41) is 0. The number of fused-ring (bicyclic) bond motifs is 2. The Morgan fingerprint density at radius 1 is 1.00 bits per heavy atom. The third-order valence-corrected chi connectivity index (χ3v) is 4.65. The van der Waals surface area contributed by atoms with Crippen LogP contribution >= 0.6 is 0 Å². The van der Waals surface area contributed by atoms with Gasteiger partial charge in [-0.05, 0) is 71.3 Å². The van der Waals surface area contributed by atoms with E-state index in [9.17, 15) is 0 Å². The van der Waals surface area contributed by atoms with Gasteiger partial charge in [0.25, 0.3) is 0 Å². The molecule has 0 nitrogen and oxygen atoms in total. The number of hydrogen-bond donors (Lipinski definition) is 0. The molecule has 0 amide bonds. The van der Waals surface area contributed by atoms with Gasteiger partial charge in [0.15, 0.2) is 0 Å². The van der Waals surface area contributed by atoms with E-state index in [4.69, 9.17) is 0 Å². The lowest BCUT2D eigenvalue weighted by molar-refractivity contribution is 0.576. The van der Waals surface area contributed by atoms with Crippen molar-refractivity contribution in [3.63, 3.8) is 0 Å². The average Bonchev–Trinajstić information content (AvgIpc) is 2.95. The Morgan fingerprint density at radius 2 is 1.68 bits per heavy atom. The molecule has 0 N–H and O–H groups in total. The van der Waals surface area contributed by atoms with Crippen LogP contribution < -0.4 is 0 Å². The van der Waals surface area contributed by atoms with E-state index in [0.717, 1.165) is 5.92 Å². The summed E-state index contributed by atoms with van der Waals surface area (Å²) in [5.74, 6) is 0.789. The topological polar surface area (TPSA) is 0 Å². The normalized spacial score (nSPS) is 20.6. The monoisotopic (exact) mass is 258 g/mol. The summed E-state index contributed by atoms with van der Waals surface area (Å²) in [6.07, 6.45) is 6.69. The fraction of sp³-hybridized carbons (Fsp3) is 0.684. The molecule has 1 unspecified atom stereocenters. The molecular weight excluding hydrogens is 228 g/mol. The fourth-order valence-electron chi connectivity index (χ4n) is 3.94. The predicted molar refractivity (Wildman–Crippen MR) is 85.3 cm³/mol. The van der Waals surface area contributed by atoms with Gasteiger partial charge in [0.05, 0.1) is 0 Å². The van der Waals surface area contributed by atoms with E-state index < -0.39 is 0 Å². The molecule has 0 aliphatic heterocycles. The molecule has 0 aromatic heterocycles. The fourth-order valence-corrected chi connectivity index (χ4v) is 3.94. The van der Waals surface area contributed by atoms with Crippen LogP contribution in [0.15, 0.2) is 6.07 Å². The zero-order valence-electron chi connectivity index (χ0n) is 13.7. The first kappa shape index (κ1) is 14.6. The summed E-state index contributed by atoms with van der Waals surface area (Å²) in [5.41, 5.74) is 8.81. The second-order valence-electron chi connectivity index (χ2n) is 7.00. The molecular formula is C19H30. The highest BCUT2D eigenvalue weighted by atomic mass is 14.4. The molecule has 2 aliphatic carbocycles. The van der Waals surface area contributed by atoms with Crippen LogP contribution in [0.5, 0.6) is 0 Å². The van der Waals surface area contributed by atoms with Crippen LogP contribution in [0, 0.1) is 0 Å². The van der Waals surface area contributed by atoms with Crippen molar-refractivity contribution in [3.8, 4) is 0 Å². The highest BCUT2D eigenvalue weighted by molar-refractivity contribution is 5.54. The van der Waals surface area contributed by atoms with Gasteiger partial charge in [-0.1, -0.05) is 47.6 Å². The lowest BCUT2D eigenvalue weighted by atomic mass is 9.78. The van der Waals surface area contributed by atoms with Crippen LogP contribution in [-0.4, -0.2) is 0 Å². The van der Waals surface area contributed by atoms with Gasteiger partial charge in [-0.25, -0.2) is 0 Å². The van der Waals surface area contributed by atoms with Gasteiger partial charge in [-0.3, -0.25) is 0 Å². The van der Waals surface area contributed by atoms with Crippen LogP contribution in [0.3, 0.4) is 0 Å². The van der Waals surface area contributed by atoms with Crippen LogP contribution in [0.4, 0.5) is 0 Å². The van der Waals surface area contributed by atoms with Gasteiger partial charge < -0.3 is 0 Å². The van der Waals surface area contributed by atoms with E-state index >= 15 is 0 Å². The van der Waals surface area contributed by atoms with E-state index in [1.807, 2.05) is 13.8 Å². The SMILES string of the molecule is CC.CC1CCc2c1cc1c(c2C(C)(C)C)CCC1. The molecule has 1 atom stereocenters. The Balaban J connectivity index is 0.000000637. The van der Waals surface area contributed by atoms with Crippen molar-refractivity contribution in [2.24, 2.45) is 0 Å². The van der Waals surface area contributed by atoms with Gasteiger partial charge in [-0.2, -0.15) is 0 Å². The summed E-state index contributed by atoms with van der Waals surface area (Å²) in [4.78, 5) is 0. The van der Waals surface area contributed by atoms with E-state index in [1.165, 1.54) is 32.1 Å². The van der Waals surface area contributed by atoms with Crippen molar-refractivity contribution in [2.45, 2.75) is 85.0 Å². The second-order valence-corrected chi connectivity index (χ2v) is 7.00. The van der Waals surface area contributed by atoms with Crippen LogP contribution in [0.1, 0.15) is 88.1 Å². The van der Waals surface area contributed by atoms with Gasteiger partial charge in [0.1, 0.15) is 0 Å². The molecule has 1 aromatic carbocycles. The Labute approximate surface area is 119 Å². The van der Waals surface area contributed by atoms with Crippen molar-refractivity contribution in [1.82, 2.24) is 0 Å². The maximum absolute atomic E-state index is 2.55. The number of hydrogen-bond acceptors (Lipinski definition) is 0. The minimum atomic E-state index is 0.323. The van der Waals surface area contributed by atoms with E-state index in [0.29, 0.717) is 5.41 Å². The van der Waals surface area contributed by atoms with Gasteiger partial charge in [0.2, 0.25) is 0 Å². The maximum atomic E-state index is 2.55. The quantitative estimate of drug-likeness (QED) is 0.572. The summed E-state index contributed by atoms with van der Waals surface area (Å²) in [6.45, 7) is 13.6. The van der Waals surface area contributed by atoms with Gasteiger partial charge >= 0.3 is 0 Å². The zero-order chi connectivity index (χ0) is 14.2. The van der Waals surface area contributed by atoms with E-state index in [2.05, 4.69) is 33.8 Å². The summed E-state index contributed by atoms with van der Waals surface area (Å²) in [6, 6.07) is 2.55. The predicted octanol–water partition coefficient (Wildman–Crippen LogP) is 5.55. The highest BCUT2D eigenvalue weighted by Gasteiger charge is 2.31. The van der Waals surface area contributed by atoms with Gasteiger partial charge in [-0.15, -0.1) is 0 Å². The van der Waals surface area contributed by atoms with Crippen molar-refractivity contribution in [3.05, 3.63) is 33.9 Å². The molecule has 2 aliphatic rings. The first-order valence-corrected chi connectivity index (χ1v) is 8.16. The minimum absolute atomic E-state index is 0.323. The van der Waals surface area contributed by atoms with Crippen molar-refractivity contribution in [1.29, 1.82) is 0 Å². The van der Waals surface area contributed by atoms with E-state index in [-0.39, 0.29) is 0 Å². The number of benzene rings is 1. The van der Waals surface area contributed by atoms with Gasteiger partial charge in [0, 0.05) is 0 Å². The molecule has 19 heavy (non-hydrogen) atoms. The molecule has 0 fully saturated rings. The zero-order valence-corrected chi connectivity index (χ0v) is 13.7. The third-order valence-electron chi connectivity index (χ3n) is 4.65. The van der Waals surface area contributed by atoms with E-state index in [1.54, 1.807) is 27.8 Å². The minimum Gasteiger partial charge on any atom is -0.0683 e. The molecule has 1 aromatic rings. The maximum Gasteiger partial charge on any atom is -0.0126 e. The lowest BCUT2D eigenvalue weighted by Gasteiger charge is -2.27. The third kappa shape index (κ3) is 2.47. The Kier molecular flexibility index (Phi) is 4.08. The smallest absolute Gasteiger partial charge is 0.0126 e. The number of aryl methyl sites for hydroxylation is 1. The van der Waals surface area contributed by atoms with Crippen molar-refractivity contribution in [2.75, 3.05) is 0 Å². The molecule has 0 saturated carbocycles.